The van der Waals surface area contributed by atoms with Gasteiger partial charge in [-0.2, -0.15) is 0 Å². The van der Waals surface area contributed by atoms with Crippen molar-refractivity contribution in [2.24, 2.45) is 22.7 Å². The van der Waals surface area contributed by atoms with Gasteiger partial charge >= 0.3 is 6.16 Å². The van der Waals surface area contributed by atoms with E-state index in [0.717, 1.165) is 51.1 Å². The summed E-state index contributed by atoms with van der Waals surface area (Å²) in [7, 11) is 1.80. The molecule has 1 aromatic carbocycles. The molecule has 1 saturated heterocycles. The number of likely N-dealkylation sites (tertiary alicyclic amines) is 1. The van der Waals surface area contributed by atoms with Crippen molar-refractivity contribution < 1.29 is 47.8 Å². The van der Waals surface area contributed by atoms with Gasteiger partial charge in [0.25, 0.3) is 0 Å². The summed E-state index contributed by atoms with van der Waals surface area (Å²) < 4.78 is 47.0. The van der Waals surface area contributed by atoms with Crippen molar-refractivity contribution >= 4 is 6.16 Å². The SMILES string of the molecule is CCOCCOCCOCCOCCOC(=O)Oc1ccc2c3c1O[C@H]1C4(OC)CC[C@@]5(C[C@@H]4[C@](C)(O)C(C)(C)C)[C@@H](C2)N(CC2CC2)CC[C@]315. The monoisotopic (exact) mass is 715 g/mol. The Balaban J connectivity index is 1.05. The minimum Gasteiger partial charge on any atom is -0.482 e. The van der Waals surface area contributed by atoms with Gasteiger partial charge in [-0.05, 0) is 88.3 Å². The van der Waals surface area contributed by atoms with E-state index in [0.29, 0.717) is 63.8 Å². The predicted octanol–water partition coefficient (Wildman–Crippen LogP) is 5.31. The molecule has 2 heterocycles. The number of carbonyl (C=O) groups excluding carboxylic acids is 1. The van der Waals surface area contributed by atoms with Crippen LogP contribution in [0, 0.1) is 22.7 Å². The molecule has 0 radical (unpaired) electrons. The third kappa shape index (κ3) is 6.20. The zero-order chi connectivity index (χ0) is 36.1. The zero-order valence-corrected chi connectivity index (χ0v) is 31.8. The van der Waals surface area contributed by atoms with E-state index in [1.54, 1.807) is 7.11 Å². The van der Waals surface area contributed by atoms with Crippen LogP contribution in [0.5, 0.6) is 11.5 Å². The first-order valence-corrected chi connectivity index (χ1v) is 19.5. The number of aliphatic hydroxyl groups is 1. The Labute approximate surface area is 303 Å². The van der Waals surface area contributed by atoms with Gasteiger partial charge < -0.3 is 43.0 Å². The van der Waals surface area contributed by atoms with Crippen LogP contribution in [0.25, 0.3) is 0 Å². The quantitative estimate of drug-likeness (QED) is 0.121. The molecule has 7 aliphatic rings. The van der Waals surface area contributed by atoms with E-state index in [1.165, 1.54) is 24.0 Å². The molecule has 1 unspecified atom stereocenters. The van der Waals surface area contributed by atoms with Gasteiger partial charge in [0.05, 0.1) is 51.8 Å². The van der Waals surface area contributed by atoms with Gasteiger partial charge in [0.15, 0.2) is 11.5 Å². The molecule has 1 aromatic rings. The first-order chi connectivity index (χ1) is 24.4. The second-order valence-corrected chi connectivity index (χ2v) is 17.0. The fourth-order valence-corrected chi connectivity index (χ4v) is 10.8. The molecule has 7 atom stereocenters. The number of piperidine rings is 1. The van der Waals surface area contributed by atoms with E-state index >= 15 is 0 Å². The zero-order valence-electron chi connectivity index (χ0n) is 31.8. The van der Waals surface area contributed by atoms with Gasteiger partial charge in [-0.25, -0.2) is 4.79 Å². The Kier molecular flexibility index (Phi) is 10.5. The van der Waals surface area contributed by atoms with E-state index in [9.17, 15) is 9.90 Å². The van der Waals surface area contributed by atoms with E-state index in [-0.39, 0.29) is 41.5 Å². The molecule has 0 aromatic heterocycles. The van der Waals surface area contributed by atoms with Crippen molar-refractivity contribution in [1.82, 2.24) is 4.90 Å². The fraction of sp³-hybridized carbons (Fsp3) is 0.825. The highest BCUT2D eigenvalue weighted by atomic mass is 16.7. The molecule has 2 spiro atoms. The molecule has 51 heavy (non-hydrogen) atoms. The Morgan fingerprint density at radius 3 is 2.24 bits per heavy atom. The first kappa shape index (κ1) is 37.3. The molecule has 11 nitrogen and oxygen atoms in total. The molecule has 5 aliphatic carbocycles. The van der Waals surface area contributed by atoms with Crippen molar-refractivity contribution in [3.05, 3.63) is 23.3 Å². The van der Waals surface area contributed by atoms with Gasteiger partial charge in [-0.15, -0.1) is 0 Å². The molecule has 8 rings (SSSR count). The highest BCUT2D eigenvalue weighted by Gasteiger charge is 2.82. The normalized spacial score (nSPS) is 33.0. The molecule has 1 N–H and O–H groups in total. The van der Waals surface area contributed by atoms with E-state index in [4.69, 9.17) is 37.9 Å². The van der Waals surface area contributed by atoms with Crippen LogP contribution in [0.2, 0.25) is 0 Å². The van der Waals surface area contributed by atoms with Gasteiger partial charge in [0, 0.05) is 48.6 Å². The summed E-state index contributed by atoms with van der Waals surface area (Å²) in [6.07, 6.45) is 6.21. The maximum Gasteiger partial charge on any atom is 0.514 e. The lowest BCUT2D eigenvalue weighted by atomic mass is 9.33. The first-order valence-electron chi connectivity index (χ1n) is 19.5. The molecule has 2 aliphatic heterocycles. The number of hydrogen-bond acceptors (Lipinski definition) is 11. The van der Waals surface area contributed by atoms with Crippen LogP contribution < -0.4 is 9.47 Å². The van der Waals surface area contributed by atoms with E-state index < -0.39 is 17.4 Å². The van der Waals surface area contributed by atoms with Crippen molar-refractivity contribution in [1.29, 1.82) is 0 Å². The minimum absolute atomic E-state index is 0.0606. The third-order valence-corrected chi connectivity index (χ3v) is 13.8. The number of ether oxygens (including phenoxy) is 8. The van der Waals surface area contributed by atoms with Crippen LogP contribution in [0.3, 0.4) is 0 Å². The summed E-state index contributed by atoms with van der Waals surface area (Å²) in [4.78, 5) is 15.8. The van der Waals surface area contributed by atoms with Gasteiger partial charge in [0.2, 0.25) is 0 Å². The average molecular weight is 716 g/mol. The molecule has 286 valence electrons. The van der Waals surface area contributed by atoms with E-state index in [2.05, 4.69) is 31.7 Å². The minimum atomic E-state index is -0.998. The predicted molar refractivity (Wildman–Crippen MR) is 189 cm³/mol. The molecular weight excluding hydrogens is 654 g/mol. The molecule has 11 heteroatoms. The second-order valence-electron chi connectivity index (χ2n) is 17.0. The lowest BCUT2D eigenvalue weighted by Crippen LogP contribution is -2.83. The molecule has 4 saturated carbocycles. The lowest BCUT2D eigenvalue weighted by Gasteiger charge is -2.75. The molecule has 0 amide bonds. The van der Waals surface area contributed by atoms with Gasteiger partial charge in [-0.1, -0.05) is 26.8 Å². The summed E-state index contributed by atoms with van der Waals surface area (Å²) in [6, 6.07) is 4.39. The number of methoxy groups -OCH3 is 1. The highest BCUT2D eigenvalue weighted by molar-refractivity contribution is 5.70. The smallest absolute Gasteiger partial charge is 0.482 e. The van der Waals surface area contributed by atoms with Crippen molar-refractivity contribution in [2.75, 3.05) is 79.7 Å². The fourth-order valence-electron chi connectivity index (χ4n) is 10.8. The summed E-state index contributed by atoms with van der Waals surface area (Å²) in [5.41, 5.74) is 0.0696. The van der Waals surface area contributed by atoms with Crippen molar-refractivity contribution in [2.45, 2.75) is 108 Å². The summed E-state index contributed by atoms with van der Waals surface area (Å²) in [5, 5.41) is 12.5. The summed E-state index contributed by atoms with van der Waals surface area (Å²) in [5.74, 6) is 1.71. The van der Waals surface area contributed by atoms with Crippen molar-refractivity contribution in [3.63, 3.8) is 0 Å². The second kappa shape index (κ2) is 14.3. The Morgan fingerprint density at radius 2 is 1.61 bits per heavy atom. The number of fused-ring (bicyclic) bond motifs is 2. The molecule has 5 fully saturated rings. The van der Waals surface area contributed by atoms with Crippen LogP contribution in [0.15, 0.2) is 12.1 Å². The number of rotatable bonds is 18. The Hall–Kier alpha value is -1.99. The maximum absolute atomic E-state index is 13.0. The molecule has 4 bridgehead atoms. The van der Waals surface area contributed by atoms with Gasteiger partial charge in [-0.3, -0.25) is 4.90 Å². The number of nitrogens with zero attached hydrogens (tertiary/aromatic N) is 1. The van der Waals surface area contributed by atoms with Crippen LogP contribution in [0.4, 0.5) is 4.79 Å². The van der Waals surface area contributed by atoms with Crippen LogP contribution >= 0.6 is 0 Å². The molecular formula is C40H61NO10. The number of hydrogen-bond donors (Lipinski definition) is 1. The van der Waals surface area contributed by atoms with Crippen molar-refractivity contribution in [3.8, 4) is 11.5 Å². The number of carbonyl (C=O) groups is 1. The lowest BCUT2D eigenvalue weighted by molar-refractivity contribution is -0.312. The number of benzene rings is 1. The standard InChI is InChI=1S/C40H61NO10/c1-7-45-16-17-46-18-19-47-20-21-48-22-23-49-35(42)50-29-11-10-28-24-31-38-12-13-40(44-6,30(25-38)37(5,43)36(2,3)4)34-39(38,32(28)33(29)51-34)14-15-41(31)26-27-8-9-27/h10-11,27,30-31,34,43H,7-9,12-26H2,1-6H3/t30-,31-,34-,37+,38-,39+,40?/m1/s1. The van der Waals surface area contributed by atoms with E-state index in [1.807, 2.05) is 19.9 Å². The van der Waals surface area contributed by atoms with Crippen LogP contribution in [0.1, 0.15) is 84.3 Å². The maximum atomic E-state index is 13.0. The Morgan fingerprint density at radius 1 is 0.941 bits per heavy atom. The third-order valence-electron chi connectivity index (χ3n) is 13.8. The summed E-state index contributed by atoms with van der Waals surface area (Å²) in [6.45, 7) is 16.4. The summed E-state index contributed by atoms with van der Waals surface area (Å²) >= 11 is 0. The van der Waals surface area contributed by atoms with Crippen LogP contribution in [-0.2, 0) is 40.3 Å². The topological polar surface area (TPSA) is 114 Å². The Bertz CT molecular complexity index is 1410. The average Bonchev–Trinajstić information content (AvgIpc) is 3.84. The largest absolute Gasteiger partial charge is 0.514 e. The van der Waals surface area contributed by atoms with Crippen LogP contribution in [-0.4, -0.2) is 119 Å². The van der Waals surface area contributed by atoms with Gasteiger partial charge in [0.1, 0.15) is 18.3 Å². The highest BCUT2D eigenvalue weighted by Crippen LogP contribution is 2.78.